The molecule has 0 aromatic heterocycles. The van der Waals surface area contributed by atoms with Crippen molar-refractivity contribution in [3.63, 3.8) is 0 Å². The van der Waals surface area contributed by atoms with Gasteiger partial charge in [0, 0.05) is 6.20 Å². The van der Waals surface area contributed by atoms with Gasteiger partial charge in [-0.3, -0.25) is 14.5 Å². The van der Waals surface area contributed by atoms with Gasteiger partial charge in [0.05, 0.1) is 0 Å². The Morgan fingerprint density at radius 3 is 2.63 bits per heavy atom. The van der Waals surface area contributed by atoms with E-state index >= 15 is 0 Å². The van der Waals surface area contributed by atoms with Crippen LogP contribution in [0.4, 0.5) is 0 Å². The molecule has 0 saturated carbocycles. The van der Waals surface area contributed by atoms with Gasteiger partial charge in [0.15, 0.2) is 0 Å². The normalized spacial score (nSPS) is 21.9. The molecule has 0 radical (unpaired) electrons. The van der Waals surface area contributed by atoms with Gasteiger partial charge in [-0.05, 0) is 30.2 Å². The summed E-state index contributed by atoms with van der Waals surface area (Å²) in [5, 5.41) is 0. The van der Waals surface area contributed by atoms with E-state index in [1.807, 2.05) is 31.2 Å². The number of nitrogens with zero attached hydrogens (tertiary/aromatic N) is 2. The van der Waals surface area contributed by atoms with Crippen molar-refractivity contribution >= 4 is 17.6 Å². The number of fused-ring (bicyclic) bond motifs is 1. The van der Waals surface area contributed by atoms with E-state index in [1.165, 1.54) is 4.90 Å². The van der Waals surface area contributed by atoms with E-state index in [-0.39, 0.29) is 5.91 Å². The van der Waals surface area contributed by atoms with E-state index in [9.17, 15) is 9.59 Å². The van der Waals surface area contributed by atoms with Gasteiger partial charge in [-0.1, -0.05) is 30.3 Å². The van der Waals surface area contributed by atoms with E-state index in [1.54, 1.807) is 24.4 Å². The molecule has 2 heterocycles. The minimum atomic E-state index is -0.832. The van der Waals surface area contributed by atoms with E-state index in [0.29, 0.717) is 11.4 Å². The molecule has 2 amide bonds. The molecule has 0 aliphatic carbocycles. The van der Waals surface area contributed by atoms with Crippen LogP contribution in [0.1, 0.15) is 18.4 Å². The van der Waals surface area contributed by atoms with Crippen LogP contribution in [0.3, 0.4) is 0 Å². The number of amidine groups is 1. The van der Waals surface area contributed by atoms with Gasteiger partial charge in [0.25, 0.3) is 5.91 Å². The first kappa shape index (κ1) is 11.6. The minimum Gasteiger partial charge on any atom is -0.273 e. The molecule has 0 fully saturated rings. The van der Waals surface area contributed by atoms with Crippen molar-refractivity contribution in [2.45, 2.75) is 12.8 Å². The Kier molecular flexibility index (Phi) is 2.63. The van der Waals surface area contributed by atoms with Crippen LogP contribution in [0.2, 0.25) is 0 Å². The predicted octanol–water partition coefficient (Wildman–Crippen LogP) is 2.01. The first-order valence-electron chi connectivity index (χ1n) is 6.04. The van der Waals surface area contributed by atoms with Crippen LogP contribution in [0.15, 0.2) is 59.2 Å². The van der Waals surface area contributed by atoms with Gasteiger partial charge in [-0.2, -0.15) is 4.99 Å². The summed E-state index contributed by atoms with van der Waals surface area (Å²) >= 11 is 0. The van der Waals surface area contributed by atoms with Crippen LogP contribution in [0.25, 0.3) is 0 Å². The molecule has 94 valence electrons. The van der Waals surface area contributed by atoms with E-state index in [0.717, 1.165) is 5.57 Å². The van der Waals surface area contributed by atoms with Gasteiger partial charge in [0.2, 0.25) is 5.91 Å². The molecule has 0 N–H and O–H groups in total. The van der Waals surface area contributed by atoms with Crippen molar-refractivity contribution < 1.29 is 9.59 Å². The lowest BCUT2D eigenvalue weighted by Crippen LogP contribution is -2.43. The SMILES string of the molecule is CC1=CC2=NC(=O)[C@H](c3ccccc3)C(=O)N2C=C1. The number of amides is 2. The summed E-state index contributed by atoms with van der Waals surface area (Å²) in [5.74, 6) is -1.08. The average molecular weight is 252 g/mol. The number of carbonyl (C=O) groups excluding carboxylic acids is 2. The molecule has 1 atom stereocenters. The highest BCUT2D eigenvalue weighted by Crippen LogP contribution is 2.26. The third-order valence-electron chi connectivity index (χ3n) is 3.18. The minimum absolute atomic E-state index is 0.249. The fourth-order valence-corrected chi connectivity index (χ4v) is 2.22. The van der Waals surface area contributed by atoms with Gasteiger partial charge in [0.1, 0.15) is 11.8 Å². The van der Waals surface area contributed by atoms with Crippen LogP contribution < -0.4 is 0 Å². The molecular weight excluding hydrogens is 240 g/mol. The van der Waals surface area contributed by atoms with Crippen LogP contribution in [-0.4, -0.2) is 22.5 Å². The molecule has 1 aromatic rings. The third-order valence-corrected chi connectivity index (χ3v) is 3.18. The fraction of sp³-hybridized carbons (Fsp3) is 0.133. The molecule has 0 saturated heterocycles. The maximum atomic E-state index is 12.4. The van der Waals surface area contributed by atoms with Crippen molar-refractivity contribution in [3.8, 4) is 0 Å². The molecule has 1 aromatic carbocycles. The number of aliphatic imine (C=N–C) groups is 1. The molecule has 4 nitrogen and oxygen atoms in total. The second kappa shape index (κ2) is 4.31. The number of benzene rings is 1. The fourth-order valence-electron chi connectivity index (χ4n) is 2.22. The Morgan fingerprint density at radius 2 is 1.89 bits per heavy atom. The van der Waals surface area contributed by atoms with Crippen LogP contribution in [0, 0.1) is 0 Å². The molecule has 2 aliphatic heterocycles. The molecule has 4 heteroatoms. The summed E-state index contributed by atoms with van der Waals surface area (Å²) < 4.78 is 0. The van der Waals surface area contributed by atoms with Crippen molar-refractivity contribution in [3.05, 3.63) is 59.8 Å². The molecule has 3 rings (SSSR count). The second-order valence-corrected chi connectivity index (χ2v) is 4.56. The summed E-state index contributed by atoms with van der Waals surface area (Å²) in [5.41, 5.74) is 1.65. The molecule has 19 heavy (non-hydrogen) atoms. The third kappa shape index (κ3) is 1.91. The maximum Gasteiger partial charge on any atom is 0.264 e. The summed E-state index contributed by atoms with van der Waals surface area (Å²) in [6.07, 6.45) is 5.23. The quantitative estimate of drug-likeness (QED) is 0.718. The Morgan fingerprint density at radius 1 is 1.16 bits per heavy atom. The Hall–Kier alpha value is -2.49. The lowest BCUT2D eigenvalue weighted by Gasteiger charge is -2.29. The highest BCUT2D eigenvalue weighted by atomic mass is 16.2. The van der Waals surface area contributed by atoms with Crippen molar-refractivity contribution in [1.29, 1.82) is 0 Å². The average Bonchev–Trinajstić information content (AvgIpc) is 2.39. The van der Waals surface area contributed by atoms with E-state index in [4.69, 9.17) is 0 Å². The monoisotopic (exact) mass is 252 g/mol. The lowest BCUT2D eigenvalue weighted by molar-refractivity contribution is -0.134. The molecule has 0 unspecified atom stereocenters. The van der Waals surface area contributed by atoms with Crippen molar-refractivity contribution in [2.24, 2.45) is 4.99 Å². The Balaban J connectivity index is 2.05. The van der Waals surface area contributed by atoms with Crippen molar-refractivity contribution in [2.75, 3.05) is 0 Å². The highest BCUT2D eigenvalue weighted by molar-refractivity contribution is 6.22. The Bertz CT molecular complexity index is 641. The smallest absolute Gasteiger partial charge is 0.264 e. The molecular formula is C15H12N2O2. The van der Waals surface area contributed by atoms with Gasteiger partial charge in [-0.15, -0.1) is 0 Å². The zero-order valence-electron chi connectivity index (χ0n) is 10.4. The van der Waals surface area contributed by atoms with Gasteiger partial charge in [-0.25, -0.2) is 0 Å². The summed E-state index contributed by atoms with van der Waals surface area (Å²) in [6.45, 7) is 1.90. The number of carbonyl (C=O) groups is 2. The highest BCUT2D eigenvalue weighted by Gasteiger charge is 2.37. The molecule has 0 spiro atoms. The predicted molar refractivity (Wildman–Crippen MR) is 71.4 cm³/mol. The standard InChI is InChI=1S/C15H12N2O2/c1-10-7-8-17-12(9-10)16-14(18)13(15(17)19)11-5-3-2-4-6-11/h2-9,13H,1H3/t13-/m0/s1. The zero-order valence-corrected chi connectivity index (χ0v) is 10.4. The first-order chi connectivity index (χ1) is 9.16. The second-order valence-electron chi connectivity index (χ2n) is 4.56. The van der Waals surface area contributed by atoms with Crippen LogP contribution >= 0.6 is 0 Å². The van der Waals surface area contributed by atoms with Gasteiger partial charge >= 0.3 is 0 Å². The summed E-state index contributed by atoms with van der Waals surface area (Å²) in [4.78, 5) is 30.0. The van der Waals surface area contributed by atoms with E-state index in [2.05, 4.69) is 4.99 Å². The van der Waals surface area contributed by atoms with Crippen LogP contribution in [-0.2, 0) is 9.59 Å². The maximum absolute atomic E-state index is 12.4. The number of hydrogen-bond donors (Lipinski definition) is 0. The topological polar surface area (TPSA) is 49.7 Å². The van der Waals surface area contributed by atoms with Crippen molar-refractivity contribution in [1.82, 2.24) is 4.90 Å². The summed E-state index contributed by atoms with van der Waals surface area (Å²) in [7, 11) is 0. The van der Waals surface area contributed by atoms with Gasteiger partial charge < -0.3 is 0 Å². The largest absolute Gasteiger partial charge is 0.273 e. The zero-order chi connectivity index (χ0) is 13.4. The number of allylic oxidation sites excluding steroid dienone is 2. The Labute approximate surface area is 110 Å². The molecule has 0 bridgehead atoms. The number of hydrogen-bond acceptors (Lipinski definition) is 2. The molecule has 2 aliphatic rings. The van der Waals surface area contributed by atoms with Crippen LogP contribution in [0.5, 0.6) is 0 Å². The number of rotatable bonds is 1. The summed E-state index contributed by atoms with van der Waals surface area (Å²) in [6, 6.07) is 9.02. The lowest BCUT2D eigenvalue weighted by atomic mass is 9.95. The first-order valence-corrected chi connectivity index (χ1v) is 6.04. The van der Waals surface area contributed by atoms with E-state index < -0.39 is 11.8 Å².